The maximum atomic E-state index is 13.5. The van der Waals surface area contributed by atoms with Crippen LogP contribution in [0, 0.1) is 5.82 Å². The first kappa shape index (κ1) is 18.6. The third kappa shape index (κ3) is 3.28. The molecule has 2 aromatic heterocycles. The van der Waals surface area contributed by atoms with Gasteiger partial charge in [-0.1, -0.05) is 34.8 Å². The van der Waals surface area contributed by atoms with Crippen molar-refractivity contribution in [1.82, 2.24) is 9.55 Å². The second-order valence-corrected chi connectivity index (χ2v) is 6.39. The Kier molecular flexibility index (Phi) is 5.18. The molecule has 0 N–H and O–H groups in total. The van der Waals surface area contributed by atoms with Crippen LogP contribution >= 0.6 is 34.8 Å². The number of esters is 1. The van der Waals surface area contributed by atoms with Gasteiger partial charge in [0.2, 0.25) is 5.43 Å². The summed E-state index contributed by atoms with van der Waals surface area (Å²) in [4.78, 5) is 28.9. The van der Waals surface area contributed by atoms with Crippen LogP contribution in [0.3, 0.4) is 0 Å². The molecule has 0 aliphatic carbocycles. The largest absolute Gasteiger partial charge is 0.462 e. The molecule has 134 valence electrons. The highest BCUT2D eigenvalue weighted by Crippen LogP contribution is 2.32. The first-order valence-corrected chi connectivity index (χ1v) is 8.50. The molecule has 0 aliphatic rings. The van der Waals surface area contributed by atoms with Crippen molar-refractivity contribution in [3.05, 3.63) is 67.3 Å². The van der Waals surface area contributed by atoms with Crippen molar-refractivity contribution in [2.75, 3.05) is 6.61 Å². The minimum absolute atomic E-state index is 0.0310. The van der Waals surface area contributed by atoms with E-state index in [1.54, 1.807) is 6.92 Å². The van der Waals surface area contributed by atoms with Gasteiger partial charge in [0.1, 0.15) is 22.2 Å². The third-order valence-electron chi connectivity index (χ3n) is 3.53. The van der Waals surface area contributed by atoms with Crippen LogP contribution in [-0.2, 0) is 4.74 Å². The first-order valence-electron chi connectivity index (χ1n) is 7.37. The fourth-order valence-electron chi connectivity index (χ4n) is 2.47. The molecule has 2 heterocycles. The smallest absolute Gasteiger partial charge is 0.343 e. The Bertz CT molecular complexity index is 1080. The number of rotatable bonds is 3. The van der Waals surface area contributed by atoms with E-state index in [0.29, 0.717) is 0 Å². The van der Waals surface area contributed by atoms with Gasteiger partial charge in [0.15, 0.2) is 0 Å². The highest BCUT2D eigenvalue weighted by molar-refractivity contribution is 6.38. The lowest BCUT2D eigenvalue weighted by atomic mass is 10.1. The fraction of sp³-hybridized carbons (Fsp3) is 0.118. The van der Waals surface area contributed by atoms with Gasteiger partial charge in [-0.2, -0.15) is 0 Å². The van der Waals surface area contributed by atoms with Gasteiger partial charge in [0.25, 0.3) is 0 Å². The summed E-state index contributed by atoms with van der Waals surface area (Å²) >= 11 is 18.2. The molecular weight excluding hydrogens is 406 g/mol. The fourth-order valence-corrected chi connectivity index (χ4v) is 3.26. The number of aromatic nitrogens is 2. The van der Waals surface area contributed by atoms with Crippen molar-refractivity contribution in [2.24, 2.45) is 0 Å². The zero-order valence-electron chi connectivity index (χ0n) is 13.2. The Morgan fingerprint density at radius 3 is 2.50 bits per heavy atom. The van der Waals surface area contributed by atoms with E-state index in [1.165, 1.54) is 22.9 Å². The van der Waals surface area contributed by atoms with E-state index in [9.17, 15) is 14.0 Å². The number of nitrogens with zero attached hydrogens (tertiary/aromatic N) is 2. The molecule has 5 nitrogen and oxygen atoms in total. The SMILES string of the molecule is CCOC(=O)c1cn(-c2c(Cl)cc(F)cc2Cl)c2nc(Cl)ccc2c1=O. The summed E-state index contributed by atoms with van der Waals surface area (Å²) in [5, 5.41) is 0.161. The Morgan fingerprint density at radius 2 is 1.88 bits per heavy atom. The summed E-state index contributed by atoms with van der Waals surface area (Å²) < 4.78 is 19.8. The van der Waals surface area contributed by atoms with Crippen LogP contribution in [0.2, 0.25) is 15.2 Å². The summed E-state index contributed by atoms with van der Waals surface area (Å²) in [5.41, 5.74) is -0.542. The van der Waals surface area contributed by atoms with Crippen molar-refractivity contribution in [1.29, 1.82) is 0 Å². The standard InChI is InChI=1S/C17H10Cl3FN2O3/c1-2-26-17(25)10-7-23(14-11(18)5-8(21)6-12(14)19)16-9(15(10)24)3-4-13(20)22-16/h3-7H,2H2,1H3. The molecule has 0 saturated heterocycles. The van der Waals surface area contributed by atoms with Crippen LogP contribution in [0.25, 0.3) is 16.7 Å². The van der Waals surface area contributed by atoms with Crippen LogP contribution in [0.5, 0.6) is 0 Å². The van der Waals surface area contributed by atoms with Crippen LogP contribution in [0.15, 0.2) is 35.3 Å². The lowest BCUT2D eigenvalue weighted by Gasteiger charge is -2.15. The van der Waals surface area contributed by atoms with Crippen LogP contribution < -0.4 is 5.43 Å². The molecule has 0 unspecified atom stereocenters. The molecule has 1 aromatic carbocycles. The van der Waals surface area contributed by atoms with Gasteiger partial charge in [-0.05, 0) is 31.2 Å². The van der Waals surface area contributed by atoms with E-state index in [0.717, 1.165) is 12.1 Å². The van der Waals surface area contributed by atoms with E-state index in [1.807, 2.05) is 0 Å². The van der Waals surface area contributed by atoms with Gasteiger partial charge in [-0.25, -0.2) is 14.2 Å². The Balaban J connectivity index is 2.45. The van der Waals surface area contributed by atoms with Gasteiger partial charge in [-0.3, -0.25) is 9.36 Å². The normalized spacial score (nSPS) is 11.0. The zero-order chi connectivity index (χ0) is 19.0. The van der Waals surface area contributed by atoms with Crippen molar-refractivity contribution >= 4 is 51.8 Å². The van der Waals surface area contributed by atoms with Gasteiger partial charge >= 0.3 is 5.97 Å². The summed E-state index contributed by atoms with van der Waals surface area (Å²) in [6.07, 6.45) is 1.21. The Hall–Kier alpha value is -2.15. The van der Waals surface area contributed by atoms with E-state index in [4.69, 9.17) is 39.5 Å². The number of carbonyl (C=O) groups excluding carboxylic acids is 1. The summed E-state index contributed by atoms with van der Waals surface area (Å²) in [6.45, 7) is 1.71. The molecule has 26 heavy (non-hydrogen) atoms. The predicted octanol–water partition coefficient (Wildman–Crippen LogP) is 4.66. The van der Waals surface area contributed by atoms with E-state index < -0.39 is 17.2 Å². The lowest BCUT2D eigenvalue weighted by Crippen LogP contribution is -2.21. The van der Waals surface area contributed by atoms with Gasteiger partial charge < -0.3 is 4.74 Å². The summed E-state index contributed by atoms with van der Waals surface area (Å²) in [7, 11) is 0. The molecular formula is C17H10Cl3FN2O3. The molecule has 0 bridgehead atoms. The molecule has 0 spiro atoms. The van der Waals surface area contributed by atoms with Gasteiger partial charge in [-0.15, -0.1) is 0 Å². The van der Waals surface area contributed by atoms with Crippen molar-refractivity contribution in [2.45, 2.75) is 6.92 Å². The van der Waals surface area contributed by atoms with E-state index in [2.05, 4.69) is 4.98 Å². The molecule has 3 aromatic rings. The highest BCUT2D eigenvalue weighted by atomic mass is 35.5. The topological polar surface area (TPSA) is 61.2 Å². The number of ether oxygens (including phenoxy) is 1. The number of hydrogen-bond donors (Lipinski definition) is 0. The van der Waals surface area contributed by atoms with E-state index >= 15 is 0 Å². The minimum atomic E-state index is -0.808. The Morgan fingerprint density at radius 1 is 1.23 bits per heavy atom. The maximum absolute atomic E-state index is 13.5. The molecule has 9 heteroatoms. The highest BCUT2D eigenvalue weighted by Gasteiger charge is 2.21. The van der Waals surface area contributed by atoms with Crippen molar-refractivity contribution in [3.63, 3.8) is 0 Å². The molecule has 3 rings (SSSR count). The number of benzene rings is 1. The second-order valence-electron chi connectivity index (χ2n) is 5.19. The Labute approximate surface area is 161 Å². The average Bonchev–Trinajstić information content (AvgIpc) is 2.56. The van der Waals surface area contributed by atoms with Crippen molar-refractivity contribution < 1.29 is 13.9 Å². The second kappa shape index (κ2) is 7.23. The number of hydrogen-bond acceptors (Lipinski definition) is 4. The predicted molar refractivity (Wildman–Crippen MR) is 98.3 cm³/mol. The monoisotopic (exact) mass is 414 g/mol. The molecule has 0 aliphatic heterocycles. The number of halogens is 4. The maximum Gasteiger partial charge on any atom is 0.343 e. The van der Waals surface area contributed by atoms with Gasteiger partial charge in [0, 0.05) is 6.20 Å². The van der Waals surface area contributed by atoms with Crippen LogP contribution in [0.4, 0.5) is 4.39 Å². The zero-order valence-corrected chi connectivity index (χ0v) is 15.5. The number of fused-ring (bicyclic) bond motifs is 1. The van der Waals surface area contributed by atoms with E-state index in [-0.39, 0.29) is 44.1 Å². The number of pyridine rings is 2. The number of carbonyl (C=O) groups is 1. The van der Waals surface area contributed by atoms with Crippen LogP contribution in [0.1, 0.15) is 17.3 Å². The molecule has 0 saturated carbocycles. The average molecular weight is 416 g/mol. The third-order valence-corrected chi connectivity index (χ3v) is 4.32. The lowest BCUT2D eigenvalue weighted by molar-refractivity contribution is 0.0524. The van der Waals surface area contributed by atoms with Crippen molar-refractivity contribution in [3.8, 4) is 5.69 Å². The summed E-state index contributed by atoms with van der Waals surface area (Å²) in [5.74, 6) is -1.44. The van der Waals surface area contributed by atoms with Crippen LogP contribution in [-0.4, -0.2) is 22.1 Å². The van der Waals surface area contributed by atoms with Gasteiger partial charge in [0.05, 0.1) is 27.7 Å². The first-order chi connectivity index (χ1) is 12.3. The quantitative estimate of drug-likeness (QED) is 0.461. The summed E-state index contributed by atoms with van der Waals surface area (Å²) in [6, 6.07) is 4.96. The molecule has 0 radical (unpaired) electrons. The molecule has 0 atom stereocenters. The molecule has 0 amide bonds. The minimum Gasteiger partial charge on any atom is -0.462 e. The molecule has 0 fully saturated rings.